The van der Waals surface area contributed by atoms with Crippen molar-refractivity contribution in [2.24, 2.45) is 0 Å². The lowest BCUT2D eigenvalue weighted by molar-refractivity contribution is -0.137. The van der Waals surface area contributed by atoms with Crippen LogP contribution in [0.5, 0.6) is 0 Å². The molecule has 2 aromatic carbocycles. The number of amides is 1. The van der Waals surface area contributed by atoms with Crippen molar-refractivity contribution in [3.63, 3.8) is 0 Å². The largest absolute Gasteiger partial charge is 0.416 e. The molecule has 0 aliphatic heterocycles. The predicted molar refractivity (Wildman–Crippen MR) is 91.0 cm³/mol. The Morgan fingerprint density at radius 3 is 2.59 bits per heavy atom. The van der Waals surface area contributed by atoms with Crippen LogP contribution in [0.25, 0.3) is 10.9 Å². The molecule has 0 fully saturated rings. The number of benzene rings is 2. The molecule has 1 aromatic heterocycles. The molecule has 3 aromatic rings. The first kappa shape index (κ1) is 18.6. The van der Waals surface area contributed by atoms with Gasteiger partial charge in [-0.1, -0.05) is 6.07 Å². The molecule has 0 atom stereocenters. The number of anilines is 1. The number of carbonyl (C=O) groups is 1. The third kappa shape index (κ3) is 3.67. The number of alkyl halides is 3. The maximum atomic E-state index is 13.5. The summed E-state index contributed by atoms with van der Waals surface area (Å²) in [7, 11) is 0. The highest BCUT2D eigenvalue weighted by atomic mass is 19.4. The van der Waals surface area contributed by atoms with Gasteiger partial charge < -0.3 is 5.32 Å². The molecular weight excluding hydrogens is 366 g/mol. The third-order valence-electron chi connectivity index (χ3n) is 3.88. The van der Waals surface area contributed by atoms with Crippen LogP contribution >= 0.6 is 0 Å². The summed E-state index contributed by atoms with van der Waals surface area (Å²) in [6.07, 6.45) is -4.58. The first-order chi connectivity index (χ1) is 12.7. The highest BCUT2D eigenvalue weighted by Crippen LogP contribution is 2.30. The monoisotopic (exact) mass is 379 g/mol. The average Bonchev–Trinajstić information content (AvgIpc) is 2.62. The quantitative estimate of drug-likeness (QED) is 0.704. The second-order valence-electron chi connectivity index (χ2n) is 5.69. The summed E-state index contributed by atoms with van der Waals surface area (Å²) in [6, 6.07) is 7.52. The van der Waals surface area contributed by atoms with E-state index in [9.17, 15) is 27.2 Å². The minimum absolute atomic E-state index is 0.0407. The van der Waals surface area contributed by atoms with E-state index >= 15 is 0 Å². The Balaban J connectivity index is 2.04. The summed E-state index contributed by atoms with van der Waals surface area (Å²) >= 11 is 0. The molecule has 9 heteroatoms. The van der Waals surface area contributed by atoms with Crippen LogP contribution in [-0.4, -0.2) is 15.7 Å². The molecule has 1 N–H and O–H groups in total. The van der Waals surface area contributed by atoms with E-state index in [-0.39, 0.29) is 11.1 Å². The van der Waals surface area contributed by atoms with E-state index in [2.05, 4.69) is 10.4 Å². The normalized spacial score (nSPS) is 11.6. The first-order valence-corrected chi connectivity index (χ1v) is 7.89. The van der Waals surface area contributed by atoms with Gasteiger partial charge in [-0.15, -0.1) is 0 Å². The first-order valence-electron chi connectivity index (χ1n) is 7.89. The Hall–Kier alpha value is -3.23. The Morgan fingerprint density at radius 2 is 1.93 bits per heavy atom. The number of rotatable bonds is 3. The van der Waals surface area contributed by atoms with Crippen LogP contribution in [0.2, 0.25) is 0 Å². The molecule has 0 bridgehead atoms. The van der Waals surface area contributed by atoms with Gasteiger partial charge in [0.2, 0.25) is 5.43 Å². The molecule has 0 radical (unpaired) electrons. The minimum Gasteiger partial charge on any atom is -0.320 e. The molecule has 3 rings (SSSR count). The van der Waals surface area contributed by atoms with Crippen molar-refractivity contribution in [3.8, 4) is 0 Å². The summed E-state index contributed by atoms with van der Waals surface area (Å²) in [5, 5.41) is 6.16. The Morgan fingerprint density at radius 1 is 1.19 bits per heavy atom. The number of hydrogen-bond donors (Lipinski definition) is 1. The van der Waals surface area contributed by atoms with Gasteiger partial charge in [-0.05, 0) is 43.3 Å². The molecule has 5 nitrogen and oxygen atoms in total. The van der Waals surface area contributed by atoms with Crippen molar-refractivity contribution in [2.75, 3.05) is 5.32 Å². The zero-order valence-electron chi connectivity index (χ0n) is 14.0. The lowest BCUT2D eigenvalue weighted by atomic mass is 10.1. The smallest absolute Gasteiger partial charge is 0.320 e. The molecule has 27 heavy (non-hydrogen) atoms. The highest BCUT2D eigenvalue weighted by Gasteiger charge is 2.30. The van der Waals surface area contributed by atoms with Gasteiger partial charge in [0.15, 0.2) is 5.69 Å². The van der Waals surface area contributed by atoms with E-state index in [0.717, 1.165) is 30.3 Å². The van der Waals surface area contributed by atoms with Crippen LogP contribution in [0.15, 0.2) is 47.3 Å². The van der Waals surface area contributed by atoms with Gasteiger partial charge in [0.25, 0.3) is 5.91 Å². The number of aryl methyl sites for hydroxylation is 1. The van der Waals surface area contributed by atoms with Gasteiger partial charge in [-0.25, -0.2) is 4.39 Å². The molecule has 0 unspecified atom stereocenters. The summed E-state index contributed by atoms with van der Waals surface area (Å²) in [5.41, 5.74) is -2.08. The van der Waals surface area contributed by atoms with E-state index in [1.165, 1.54) is 16.8 Å². The molecule has 140 valence electrons. The summed E-state index contributed by atoms with van der Waals surface area (Å²) in [6.45, 7) is 2.01. The topological polar surface area (TPSA) is 64.0 Å². The van der Waals surface area contributed by atoms with Gasteiger partial charge in [-0.3, -0.25) is 14.3 Å². The molecule has 0 saturated carbocycles. The van der Waals surface area contributed by atoms with Crippen LogP contribution in [0.1, 0.15) is 23.0 Å². The van der Waals surface area contributed by atoms with Gasteiger partial charge >= 0.3 is 6.18 Å². The van der Waals surface area contributed by atoms with Gasteiger partial charge in [0.05, 0.1) is 16.5 Å². The van der Waals surface area contributed by atoms with E-state index in [1.807, 2.05) is 0 Å². The maximum Gasteiger partial charge on any atom is 0.416 e. The van der Waals surface area contributed by atoms with Gasteiger partial charge in [0, 0.05) is 12.2 Å². The number of hydrogen-bond acceptors (Lipinski definition) is 3. The van der Waals surface area contributed by atoms with Crippen molar-refractivity contribution >= 4 is 22.5 Å². The fraction of sp³-hybridized carbons (Fsp3) is 0.167. The SMILES string of the molecule is CCn1nc(C(=O)Nc2cccc(C(F)(F)F)c2)c(=O)c2cc(F)ccc21. The van der Waals surface area contributed by atoms with Crippen molar-refractivity contribution in [2.45, 2.75) is 19.6 Å². The zero-order chi connectivity index (χ0) is 19.8. The summed E-state index contributed by atoms with van der Waals surface area (Å²) < 4.78 is 53.2. The van der Waals surface area contributed by atoms with Crippen molar-refractivity contribution in [1.29, 1.82) is 0 Å². The fourth-order valence-corrected chi connectivity index (χ4v) is 2.62. The molecule has 1 amide bonds. The van der Waals surface area contributed by atoms with E-state index in [0.29, 0.717) is 12.1 Å². The molecule has 0 saturated heterocycles. The molecule has 0 spiro atoms. The van der Waals surface area contributed by atoms with Crippen molar-refractivity contribution < 1.29 is 22.4 Å². The van der Waals surface area contributed by atoms with E-state index in [4.69, 9.17) is 0 Å². The van der Waals surface area contributed by atoms with E-state index < -0.39 is 34.6 Å². The van der Waals surface area contributed by atoms with Crippen molar-refractivity contribution in [1.82, 2.24) is 9.78 Å². The Bertz CT molecular complexity index is 1090. The third-order valence-corrected chi connectivity index (χ3v) is 3.88. The second kappa shape index (κ2) is 6.82. The van der Waals surface area contributed by atoms with Gasteiger partial charge in [-0.2, -0.15) is 18.3 Å². The van der Waals surface area contributed by atoms with Crippen LogP contribution in [0, 0.1) is 5.82 Å². The van der Waals surface area contributed by atoms with Crippen molar-refractivity contribution in [3.05, 3.63) is 69.8 Å². The number of nitrogens with zero attached hydrogens (tertiary/aromatic N) is 2. The van der Waals surface area contributed by atoms with Crippen LogP contribution in [0.4, 0.5) is 23.2 Å². The standard InChI is InChI=1S/C18H13F4N3O2/c1-2-25-14-7-6-11(19)9-13(14)16(26)15(24-25)17(27)23-12-5-3-4-10(8-12)18(20,21)22/h3-9H,2H2,1H3,(H,23,27). The molecule has 1 heterocycles. The maximum absolute atomic E-state index is 13.5. The second-order valence-corrected chi connectivity index (χ2v) is 5.69. The lowest BCUT2D eigenvalue weighted by Gasteiger charge is -2.12. The van der Waals surface area contributed by atoms with Gasteiger partial charge in [0.1, 0.15) is 5.82 Å². The number of nitrogens with one attached hydrogen (secondary N) is 1. The van der Waals surface area contributed by atoms with Crippen LogP contribution < -0.4 is 10.7 Å². The predicted octanol–water partition coefficient (Wildman–Crippen LogP) is 3.83. The minimum atomic E-state index is -4.58. The molecular formula is C18H13F4N3O2. The number of carbonyl (C=O) groups excluding carboxylic acids is 1. The fourth-order valence-electron chi connectivity index (χ4n) is 2.62. The Labute approximate surface area is 150 Å². The number of aromatic nitrogens is 2. The van der Waals surface area contributed by atoms with Crippen LogP contribution in [-0.2, 0) is 12.7 Å². The number of halogens is 4. The zero-order valence-corrected chi connectivity index (χ0v) is 14.0. The lowest BCUT2D eigenvalue weighted by Crippen LogP contribution is -2.27. The summed E-state index contributed by atoms with van der Waals surface area (Å²) in [4.78, 5) is 25.0. The Kier molecular flexibility index (Phi) is 4.69. The summed E-state index contributed by atoms with van der Waals surface area (Å²) in [5.74, 6) is -1.63. The number of fused-ring (bicyclic) bond motifs is 1. The van der Waals surface area contributed by atoms with Crippen LogP contribution in [0.3, 0.4) is 0 Å². The highest BCUT2D eigenvalue weighted by molar-refractivity contribution is 6.04. The average molecular weight is 379 g/mol. The molecule has 0 aliphatic rings. The molecule has 0 aliphatic carbocycles. The van der Waals surface area contributed by atoms with E-state index in [1.54, 1.807) is 6.92 Å².